The van der Waals surface area contributed by atoms with Crippen molar-refractivity contribution in [3.05, 3.63) is 64.1 Å². The van der Waals surface area contributed by atoms with Gasteiger partial charge >= 0.3 is 0 Å². The van der Waals surface area contributed by atoms with E-state index in [1.165, 1.54) is 0 Å². The molecule has 4 heterocycles. The van der Waals surface area contributed by atoms with Crippen molar-refractivity contribution in [1.29, 1.82) is 5.26 Å². The Bertz CT molecular complexity index is 1500. The first-order valence-corrected chi connectivity index (χ1v) is 11.0. The summed E-state index contributed by atoms with van der Waals surface area (Å²) in [5, 5.41) is 10.5. The number of nitrogens with zero attached hydrogens (tertiary/aromatic N) is 3. The number of benzene rings is 1. The molecule has 6 nitrogen and oxygen atoms in total. The molecule has 0 radical (unpaired) electrons. The Kier molecular flexibility index (Phi) is 4.61. The molecular weight excluding hydrogens is 422 g/mol. The fourth-order valence-electron chi connectivity index (χ4n) is 4.11. The molecule has 3 aromatic heterocycles. The van der Waals surface area contributed by atoms with E-state index in [0.29, 0.717) is 11.1 Å². The van der Waals surface area contributed by atoms with Gasteiger partial charge in [-0.3, -0.25) is 14.5 Å². The van der Waals surface area contributed by atoms with Crippen LogP contribution in [0.5, 0.6) is 0 Å². The van der Waals surface area contributed by atoms with Crippen molar-refractivity contribution < 1.29 is 14.0 Å². The zero-order chi connectivity index (χ0) is 22.6. The van der Waals surface area contributed by atoms with Crippen molar-refractivity contribution in [2.24, 2.45) is 7.05 Å². The largest absolute Gasteiger partial charge is 0.455 e. The van der Waals surface area contributed by atoms with Crippen LogP contribution in [0.3, 0.4) is 0 Å². The SMILES string of the molecule is CCN1C(=O)C(C#N)=C(C)/C(=C/c2cc3c(cc(-c4cc5ccccc5o4)n3C)s2)C1=O. The highest BCUT2D eigenvalue weighted by molar-refractivity contribution is 7.19. The molecule has 0 aliphatic carbocycles. The van der Waals surface area contributed by atoms with E-state index in [1.807, 2.05) is 49.5 Å². The minimum absolute atomic E-state index is 0.0194. The van der Waals surface area contributed by atoms with Gasteiger partial charge < -0.3 is 8.98 Å². The van der Waals surface area contributed by atoms with Gasteiger partial charge in [0.05, 0.1) is 15.9 Å². The van der Waals surface area contributed by atoms with Crippen LogP contribution in [0.4, 0.5) is 0 Å². The fourth-order valence-corrected chi connectivity index (χ4v) is 5.18. The van der Waals surface area contributed by atoms with E-state index < -0.39 is 5.91 Å². The number of hydrogen-bond donors (Lipinski definition) is 0. The molecule has 0 atom stereocenters. The molecule has 5 rings (SSSR count). The number of aryl methyl sites for hydroxylation is 1. The van der Waals surface area contributed by atoms with Crippen LogP contribution in [0.25, 0.3) is 38.7 Å². The van der Waals surface area contributed by atoms with Gasteiger partial charge in [0.15, 0.2) is 5.76 Å². The van der Waals surface area contributed by atoms with Crippen LogP contribution in [0.15, 0.2) is 63.6 Å². The first-order valence-electron chi connectivity index (χ1n) is 10.2. The van der Waals surface area contributed by atoms with Gasteiger partial charge in [-0.05, 0) is 49.8 Å². The summed E-state index contributed by atoms with van der Waals surface area (Å²) in [5.74, 6) is -0.0927. The van der Waals surface area contributed by atoms with Crippen molar-refractivity contribution in [2.75, 3.05) is 6.54 Å². The zero-order valence-corrected chi connectivity index (χ0v) is 18.6. The van der Waals surface area contributed by atoms with Crippen molar-refractivity contribution in [1.82, 2.24) is 9.47 Å². The van der Waals surface area contributed by atoms with Crippen molar-refractivity contribution >= 4 is 50.4 Å². The summed E-state index contributed by atoms with van der Waals surface area (Å²) in [6.07, 6.45) is 1.77. The third kappa shape index (κ3) is 2.92. The number of rotatable bonds is 3. The second-order valence-electron chi connectivity index (χ2n) is 7.66. The first kappa shape index (κ1) is 20.0. The van der Waals surface area contributed by atoms with E-state index in [-0.39, 0.29) is 18.0 Å². The first-order chi connectivity index (χ1) is 15.4. The van der Waals surface area contributed by atoms with Gasteiger partial charge in [-0.1, -0.05) is 18.2 Å². The molecule has 2 amide bonds. The van der Waals surface area contributed by atoms with E-state index >= 15 is 0 Å². The molecule has 7 heteroatoms. The van der Waals surface area contributed by atoms with Crippen molar-refractivity contribution in [3.8, 4) is 17.5 Å². The number of para-hydroxylation sites is 1. The number of carbonyl (C=O) groups excluding carboxylic acids is 2. The lowest BCUT2D eigenvalue weighted by molar-refractivity contribution is -0.140. The quantitative estimate of drug-likeness (QED) is 0.321. The number of amides is 2. The molecule has 1 aliphatic rings. The Morgan fingerprint density at radius 2 is 1.94 bits per heavy atom. The lowest BCUT2D eigenvalue weighted by Crippen LogP contribution is -2.42. The molecular formula is C25H19N3O3S. The Morgan fingerprint density at radius 1 is 1.16 bits per heavy atom. The molecule has 0 saturated carbocycles. The maximum absolute atomic E-state index is 12.9. The van der Waals surface area contributed by atoms with E-state index in [4.69, 9.17) is 4.42 Å². The second-order valence-corrected chi connectivity index (χ2v) is 8.78. The van der Waals surface area contributed by atoms with Crippen molar-refractivity contribution in [2.45, 2.75) is 13.8 Å². The minimum Gasteiger partial charge on any atom is -0.455 e. The highest BCUT2D eigenvalue weighted by Gasteiger charge is 2.34. The van der Waals surface area contributed by atoms with Gasteiger partial charge in [0.1, 0.15) is 17.2 Å². The summed E-state index contributed by atoms with van der Waals surface area (Å²) in [6.45, 7) is 3.60. The lowest BCUT2D eigenvalue weighted by atomic mass is 9.95. The fraction of sp³-hybridized carbons (Fsp3) is 0.160. The maximum atomic E-state index is 12.9. The standard InChI is InChI=1S/C25H19N3O3S/c1-4-28-24(29)17(14(2)18(13-26)25(28)30)10-16-11-20-23(32-16)12-19(27(20)3)22-9-15-7-5-6-8-21(15)31-22/h5-12H,4H2,1-3H3/b17-10-. The molecule has 1 aliphatic heterocycles. The Hall–Kier alpha value is -3.89. The smallest absolute Gasteiger partial charge is 0.271 e. The number of likely N-dealkylation sites (N-methyl/N-ethyl adjacent to an activating group) is 1. The van der Waals surface area contributed by atoms with Gasteiger partial charge in [-0.15, -0.1) is 11.3 Å². The predicted octanol–water partition coefficient (Wildman–Crippen LogP) is 5.27. The van der Waals surface area contributed by atoms with Crippen LogP contribution >= 0.6 is 11.3 Å². The number of furan rings is 1. The zero-order valence-electron chi connectivity index (χ0n) is 17.8. The van der Waals surface area contributed by atoms with E-state index in [0.717, 1.165) is 42.4 Å². The summed E-state index contributed by atoms with van der Waals surface area (Å²) in [4.78, 5) is 27.2. The Balaban J connectivity index is 1.58. The third-order valence-corrected chi connectivity index (χ3v) is 6.87. The summed E-state index contributed by atoms with van der Waals surface area (Å²) in [6, 6.07) is 16.0. The number of hydrogen-bond acceptors (Lipinski definition) is 5. The number of aromatic nitrogens is 1. The van der Waals surface area contributed by atoms with Crippen LogP contribution in [0, 0.1) is 11.3 Å². The molecule has 1 aromatic carbocycles. The summed E-state index contributed by atoms with van der Waals surface area (Å²) < 4.78 is 9.15. The molecule has 158 valence electrons. The number of fused-ring (bicyclic) bond motifs is 2. The van der Waals surface area contributed by atoms with E-state index in [2.05, 4.69) is 10.6 Å². The predicted molar refractivity (Wildman–Crippen MR) is 125 cm³/mol. The number of carbonyl (C=O) groups is 2. The summed E-state index contributed by atoms with van der Waals surface area (Å²) in [5.41, 5.74) is 3.66. The Morgan fingerprint density at radius 3 is 2.62 bits per heavy atom. The van der Waals surface area contributed by atoms with Crippen LogP contribution < -0.4 is 0 Å². The molecule has 0 fully saturated rings. The monoisotopic (exact) mass is 441 g/mol. The Labute approximate surface area is 188 Å². The molecule has 0 N–H and O–H groups in total. The third-order valence-electron chi connectivity index (χ3n) is 5.86. The summed E-state index contributed by atoms with van der Waals surface area (Å²) >= 11 is 1.55. The van der Waals surface area contributed by atoms with Gasteiger partial charge in [-0.25, -0.2) is 0 Å². The van der Waals surface area contributed by atoms with Crippen molar-refractivity contribution in [3.63, 3.8) is 0 Å². The van der Waals surface area contributed by atoms with Gasteiger partial charge in [0, 0.05) is 29.4 Å². The molecule has 4 aromatic rings. The highest BCUT2D eigenvalue weighted by atomic mass is 32.1. The average molecular weight is 442 g/mol. The van der Waals surface area contributed by atoms with Crippen LogP contribution in [0.1, 0.15) is 18.7 Å². The van der Waals surface area contributed by atoms with Crippen LogP contribution in [-0.2, 0) is 16.6 Å². The van der Waals surface area contributed by atoms with Gasteiger partial charge in [0.2, 0.25) is 0 Å². The van der Waals surface area contributed by atoms with E-state index in [9.17, 15) is 14.9 Å². The normalized spacial score (nSPS) is 16.1. The summed E-state index contributed by atoms with van der Waals surface area (Å²) in [7, 11) is 1.98. The van der Waals surface area contributed by atoms with Gasteiger partial charge in [-0.2, -0.15) is 5.26 Å². The highest BCUT2D eigenvalue weighted by Crippen LogP contribution is 2.37. The lowest BCUT2D eigenvalue weighted by Gasteiger charge is -2.26. The molecule has 0 spiro atoms. The van der Waals surface area contributed by atoms with Gasteiger partial charge in [0.25, 0.3) is 11.8 Å². The maximum Gasteiger partial charge on any atom is 0.271 e. The number of imide groups is 1. The molecule has 0 bridgehead atoms. The van der Waals surface area contributed by atoms with Crippen LogP contribution in [-0.4, -0.2) is 27.8 Å². The molecule has 32 heavy (non-hydrogen) atoms. The van der Waals surface area contributed by atoms with Crippen LogP contribution in [0.2, 0.25) is 0 Å². The molecule has 0 saturated heterocycles. The second kappa shape index (κ2) is 7.36. The number of nitriles is 1. The molecule has 0 unspecified atom stereocenters. The average Bonchev–Trinajstić information content (AvgIpc) is 3.45. The number of thiophene rings is 1. The minimum atomic E-state index is -0.526. The topological polar surface area (TPSA) is 79.2 Å². The van der Waals surface area contributed by atoms with E-state index in [1.54, 1.807) is 31.3 Å².